The van der Waals surface area contributed by atoms with Gasteiger partial charge >= 0.3 is 0 Å². The van der Waals surface area contributed by atoms with Gasteiger partial charge in [-0.2, -0.15) is 0 Å². The Hall–Kier alpha value is -1.09. The third-order valence-corrected chi connectivity index (χ3v) is 4.74. The van der Waals surface area contributed by atoms with Gasteiger partial charge in [0.25, 0.3) is 0 Å². The summed E-state index contributed by atoms with van der Waals surface area (Å²) in [4.78, 5) is 4.77. The summed E-state index contributed by atoms with van der Waals surface area (Å²) in [5.74, 6) is 1.52. The molecule has 0 bridgehead atoms. The van der Waals surface area contributed by atoms with E-state index in [0.717, 1.165) is 30.9 Å². The smallest absolute Gasteiger partial charge is 0.218 e. The summed E-state index contributed by atoms with van der Waals surface area (Å²) in [5, 5.41) is 0. The fraction of sp³-hybridized carbons (Fsp3) is 0.706. The van der Waals surface area contributed by atoms with E-state index in [1.54, 1.807) is 0 Å². The van der Waals surface area contributed by atoms with Crippen molar-refractivity contribution in [2.45, 2.75) is 64.3 Å². The van der Waals surface area contributed by atoms with E-state index in [4.69, 9.17) is 15.5 Å². The van der Waals surface area contributed by atoms with Gasteiger partial charge in [-0.15, -0.1) is 0 Å². The zero-order valence-electron chi connectivity index (χ0n) is 12.4. The number of hydrogen-bond donors (Lipinski definition) is 1. The van der Waals surface area contributed by atoms with E-state index in [-0.39, 0.29) is 0 Å². The molecule has 1 saturated carbocycles. The maximum atomic E-state index is 6.04. The molecular weight excluding hydrogens is 248 g/mol. The molecule has 3 rings (SSSR count). The van der Waals surface area contributed by atoms with Crippen molar-refractivity contribution < 1.29 is 4.74 Å². The number of aryl methyl sites for hydroxylation is 2. The summed E-state index contributed by atoms with van der Waals surface area (Å²) in [6, 6.07) is 2.23. The molecule has 0 aromatic carbocycles. The van der Waals surface area contributed by atoms with Gasteiger partial charge in [0.15, 0.2) is 0 Å². The van der Waals surface area contributed by atoms with Crippen molar-refractivity contribution in [3.8, 4) is 5.88 Å². The van der Waals surface area contributed by atoms with Gasteiger partial charge in [0, 0.05) is 17.8 Å². The fourth-order valence-electron chi connectivity index (χ4n) is 3.48. The maximum absolute atomic E-state index is 6.04. The van der Waals surface area contributed by atoms with E-state index in [1.807, 2.05) is 0 Å². The number of rotatable bonds is 4. The van der Waals surface area contributed by atoms with E-state index >= 15 is 0 Å². The SMILES string of the molecule is NCc1cc2c(nc1OCC1CCCCC1)CCCC2. The topological polar surface area (TPSA) is 48.1 Å². The van der Waals surface area contributed by atoms with Gasteiger partial charge in [-0.05, 0) is 56.1 Å². The quantitative estimate of drug-likeness (QED) is 0.915. The largest absolute Gasteiger partial charge is 0.477 e. The molecule has 0 radical (unpaired) electrons. The second kappa shape index (κ2) is 6.57. The lowest BCUT2D eigenvalue weighted by atomic mass is 9.90. The fourth-order valence-corrected chi connectivity index (χ4v) is 3.48. The van der Waals surface area contributed by atoms with Crippen molar-refractivity contribution in [1.29, 1.82) is 0 Å². The van der Waals surface area contributed by atoms with Crippen LogP contribution in [0.4, 0.5) is 0 Å². The average Bonchev–Trinajstić information content (AvgIpc) is 2.53. The van der Waals surface area contributed by atoms with Crippen molar-refractivity contribution in [3.63, 3.8) is 0 Å². The first-order valence-electron chi connectivity index (χ1n) is 8.21. The van der Waals surface area contributed by atoms with E-state index in [2.05, 4.69) is 6.07 Å². The first-order chi connectivity index (χ1) is 9.86. The van der Waals surface area contributed by atoms with Crippen molar-refractivity contribution in [3.05, 3.63) is 22.9 Å². The molecule has 2 aliphatic rings. The van der Waals surface area contributed by atoms with Gasteiger partial charge in [0.2, 0.25) is 5.88 Å². The van der Waals surface area contributed by atoms with Gasteiger partial charge in [0.1, 0.15) is 0 Å². The van der Waals surface area contributed by atoms with E-state index < -0.39 is 0 Å². The zero-order valence-corrected chi connectivity index (χ0v) is 12.4. The summed E-state index contributed by atoms with van der Waals surface area (Å²) in [6.45, 7) is 1.35. The molecule has 0 aliphatic heterocycles. The van der Waals surface area contributed by atoms with Crippen LogP contribution >= 0.6 is 0 Å². The van der Waals surface area contributed by atoms with Crippen LogP contribution in [0.25, 0.3) is 0 Å². The van der Waals surface area contributed by atoms with Crippen LogP contribution in [0.15, 0.2) is 6.07 Å². The lowest BCUT2D eigenvalue weighted by molar-refractivity contribution is 0.201. The molecule has 0 unspecified atom stereocenters. The summed E-state index contributed by atoms with van der Waals surface area (Å²) < 4.78 is 6.04. The number of fused-ring (bicyclic) bond motifs is 1. The second-order valence-corrected chi connectivity index (χ2v) is 6.28. The summed E-state index contributed by atoms with van der Waals surface area (Å²) in [6.07, 6.45) is 11.5. The Morgan fingerprint density at radius 1 is 1.10 bits per heavy atom. The Morgan fingerprint density at radius 2 is 1.90 bits per heavy atom. The minimum absolute atomic E-state index is 0.528. The molecule has 2 N–H and O–H groups in total. The molecule has 20 heavy (non-hydrogen) atoms. The van der Waals surface area contributed by atoms with E-state index in [1.165, 1.54) is 56.2 Å². The molecule has 1 aromatic rings. The minimum atomic E-state index is 0.528. The molecule has 0 atom stereocenters. The number of pyridine rings is 1. The molecule has 0 spiro atoms. The first kappa shape index (κ1) is 13.9. The van der Waals surface area contributed by atoms with Gasteiger partial charge in [0.05, 0.1) is 6.61 Å². The van der Waals surface area contributed by atoms with Crippen molar-refractivity contribution in [1.82, 2.24) is 4.98 Å². The number of nitrogens with two attached hydrogens (primary N) is 1. The Labute approximate surface area is 121 Å². The Kier molecular flexibility index (Phi) is 4.56. The van der Waals surface area contributed by atoms with Crippen LogP contribution in [-0.2, 0) is 19.4 Å². The average molecular weight is 274 g/mol. The van der Waals surface area contributed by atoms with Gasteiger partial charge in [-0.1, -0.05) is 19.3 Å². The third-order valence-electron chi connectivity index (χ3n) is 4.74. The monoisotopic (exact) mass is 274 g/mol. The van der Waals surface area contributed by atoms with E-state index in [0.29, 0.717) is 12.5 Å². The first-order valence-corrected chi connectivity index (χ1v) is 8.21. The van der Waals surface area contributed by atoms with Crippen LogP contribution < -0.4 is 10.5 Å². The molecule has 1 aromatic heterocycles. The summed E-state index contributed by atoms with van der Waals surface area (Å²) >= 11 is 0. The van der Waals surface area contributed by atoms with Crippen LogP contribution in [0.5, 0.6) is 5.88 Å². The highest BCUT2D eigenvalue weighted by atomic mass is 16.5. The highest BCUT2D eigenvalue weighted by molar-refractivity contribution is 5.35. The molecular formula is C17H26N2O. The minimum Gasteiger partial charge on any atom is -0.477 e. The van der Waals surface area contributed by atoms with Crippen molar-refractivity contribution >= 4 is 0 Å². The number of aromatic nitrogens is 1. The predicted octanol–water partition coefficient (Wildman–Crippen LogP) is 3.38. The normalized spacial score (nSPS) is 19.6. The second-order valence-electron chi connectivity index (χ2n) is 6.28. The van der Waals surface area contributed by atoms with Crippen LogP contribution in [0.3, 0.4) is 0 Å². The highest BCUT2D eigenvalue weighted by Crippen LogP contribution is 2.28. The van der Waals surface area contributed by atoms with Crippen LogP contribution in [0.2, 0.25) is 0 Å². The number of hydrogen-bond acceptors (Lipinski definition) is 3. The Bertz CT molecular complexity index is 453. The van der Waals surface area contributed by atoms with E-state index in [9.17, 15) is 0 Å². The Morgan fingerprint density at radius 3 is 2.70 bits per heavy atom. The summed E-state index contributed by atoms with van der Waals surface area (Å²) in [7, 11) is 0. The maximum Gasteiger partial charge on any atom is 0.218 e. The number of nitrogens with zero attached hydrogens (tertiary/aromatic N) is 1. The van der Waals surface area contributed by atoms with Crippen molar-refractivity contribution in [2.75, 3.05) is 6.61 Å². The van der Waals surface area contributed by atoms with Gasteiger partial charge in [-0.25, -0.2) is 4.98 Å². The lowest BCUT2D eigenvalue weighted by Crippen LogP contribution is -2.18. The molecule has 0 amide bonds. The molecule has 110 valence electrons. The van der Waals surface area contributed by atoms with Crippen LogP contribution in [0, 0.1) is 5.92 Å². The van der Waals surface area contributed by atoms with Crippen molar-refractivity contribution in [2.24, 2.45) is 11.7 Å². The highest BCUT2D eigenvalue weighted by Gasteiger charge is 2.18. The molecule has 3 nitrogen and oxygen atoms in total. The third kappa shape index (κ3) is 3.14. The molecule has 0 saturated heterocycles. The standard InChI is InChI=1S/C17H26N2O/c18-11-15-10-14-8-4-5-9-16(14)19-17(15)20-12-13-6-2-1-3-7-13/h10,13H,1-9,11-12,18H2. The number of ether oxygens (including phenoxy) is 1. The van der Waals surface area contributed by atoms with Gasteiger partial charge < -0.3 is 10.5 Å². The zero-order chi connectivity index (χ0) is 13.8. The Balaban J connectivity index is 1.70. The molecule has 1 heterocycles. The summed E-state index contributed by atoms with van der Waals surface area (Å²) in [5.41, 5.74) is 9.59. The molecule has 1 fully saturated rings. The lowest BCUT2D eigenvalue weighted by Gasteiger charge is -2.23. The molecule has 3 heteroatoms. The molecule has 2 aliphatic carbocycles. The van der Waals surface area contributed by atoms with Crippen LogP contribution in [-0.4, -0.2) is 11.6 Å². The predicted molar refractivity (Wildman–Crippen MR) is 80.8 cm³/mol. The van der Waals surface area contributed by atoms with Gasteiger partial charge in [-0.3, -0.25) is 0 Å². The van der Waals surface area contributed by atoms with Crippen LogP contribution in [0.1, 0.15) is 61.8 Å².